The molecule has 1 unspecified atom stereocenters. The lowest BCUT2D eigenvalue weighted by atomic mass is 10.0. The highest BCUT2D eigenvalue weighted by Crippen LogP contribution is 2.31. The first-order valence-corrected chi connectivity index (χ1v) is 10.3. The minimum atomic E-state index is -0.173. The molecule has 4 rings (SSSR count). The minimum absolute atomic E-state index is 0.0748. The molecule has 3 heterocycles. The average molecular weight is 398 g/mol. The number of likely N-dealkylation sites (tertiary alicyclic amines) is 1. The number of benzene rings is 1. The van der Waals surface area contributed by atoms with Crippen LogP contribution in [0, 0.1) is 0 Å². The van der Waals surface area contributed by atoms with E-state index in [2.05, 4.69) is 21.3 Å². The summed E-state index contributed by atoms with van der Waals surface area (Å²) in [5, 5.41) is 5.53. The molecule has 3 aromatic rings. The molecule has 0 bridgehead atoms. The highest BCUT2D eigenvalue weighted by atomic mass is 32.1. The zero-order valence-electron chi connectivity index (χ0n) is 15.8. The van der Waals surface area contributed by atoms with Crippen molar-refractivity contribution in [3.63, 3.8) is 0 Å². The highest BCUT2D eigenvalue weighted by Gasteiger charge is 2.26. The van der Waals surface area contributed by atoms with E-state index in [1.807, 2.05) is 30.3 Å². The van der Waals surface area contributed by atoms with Crippen LogP contribution in [0.15, 0.2) is 52.5 Å². The predicted molar refractivity (Wildman–Crippen MR) is 109 cm³/mol. The first-order valence-electron chi connectivity index (χ1n) is 9.41. The van der Waals surface area contributed by atoms with Gasteiger partial charge in [0, 0.05) is 17.5 Å². The van der Waals surface area contributed by atoms with Gasteiger partial charge < -0.3 is 14.5 Å². The van der Waals surface area contributed by atoms with E-state index < -0.39 is 0 Å². The highest BCUT2D eigenvalue weighted by molar-refractivity contribution is 7.13. The number of amides is 1. The number of para-hydroxylation sites is 1. The summed E-state index contributed by atoms with van der Waals surface area (Å²) in [6.45, 7) is 2.56. The molecule has 2 aromatic heterocycles. The Hall–Kier alpha value is -2.64. The molecular formula is C21H23N3O3S. The Kier molecular flexibility index (Phi) is 5.73. The fraction of sp³-hybridized carbons (Fsp3) is 0.333. The smallest absolute Gasteiger partial charge is 0.270 e. The van der Waals surface area contributed by atoms with Crippen molar-refractivity contribution in [1.82, 2.24) is 15.2 Å². The van der Waals surface area contributed by atoms with Crippen molar-refractivity contribution in [3.05, 3.63) is 59.3 Å². The van der Waals surface area contributed by atoms with Crippen LogP contribution in [0.1, 0.15) is 34.9 Å². The van der Waals surface area contributed by atoms with E-state index in [-0.39, 0.29) is 11.9 Å². The maximum absolute atomic E-state index is 12.7. The van der Waals surface area contributed by atoms with Crippen molar-refractivity contribution in [1.29, 1.82) is 0 Å². The van der Waals surface area contributed by atoms with E-state index in [0.717, 1.165) is 24.4 Å². The van der Waals surface area contributed by atoms with Gasteiger partial charge in [-0.3, -0.25) is 9.69 Å². The number of rotatable bonds is 7. The maximum Gasteiger partial charge on any atom is 0.270 e. The Bertz CT molecular complexity index is 917. The lowest BCUT2D eigenvalue weighted by Gasteiger charge is -2.29. The van der Waals surface area contributed by atoms with E-state index in [1.165, 1.54) is 24.2 Å². The average Bonchev–Trinajstić information content (AvgIpc) is 3.50. The van der Waals surface area contributed by atoms with Gasteiger partial charge in [0.05, 0.1) is 19.4 Å². The number of carbonyl (C=O) groups excluding carboxylic acids is 1. The molecule has 1 amide bonds. The number of nitrogens with zero attached hydrogens (tertiary/aromatic N) is 2. The van der Waals surface area contributed by atoms with Gasteiger partial charge in [-0.15, -0.1) is 11.3 Å². The number of aromatic nitrogens is 1. The molecule has 146 valence electrons. The Balaban J connectivity index is 1.49. The fourth-order valence-electron chi connectivity index (χ4n) is 3.60. The summed E-state index contributed by atoms with van der Waals surface area (Å²) < 4.78 is 10.9. The van der Waals surface area contributed by atoms with Gasteiger partial charge in [-0.05, 0) is 44.1 Å². The summed E-state index contributed by atoms with van der Waals surface area (Å²) in [5.74, 6) is 1.35. The Morgan fingerprint density at radius 3 is 2.86 bits per heavy atom. The van der Waals surface area contributed by atoms with Crippen LogP contribution >= 0.6 is 11.3 Å². The van der Waals surface area contributed by atoms with Crippen molar-refractivity contribution in [2.75, 3.05) is 26.7 Å². The summed E-state index contributed by atoms with van der Waals surface area (Å²) in [6, 6.07) is 11.7. The molecular weight excluding hydrogens is 374 g/mol. The van der Waals surface area contributed by atoms with E-state index in [9.17, 15) is 4.79 Å². The SMILES string of the molecule is COc1ccccc1C(CNC(=O)c1csc(-c2ccco2)n1)N1CCCC1. The van der Waals surface area contributed by atoms with Crippen molar-refractivity contribution in [2.24, 2.45) is 0 Å². The summed E-state index contributed by atoms with van der Waals surface area (Å²) in [4.78, 5) is 19.5. The number of hydrogen-bond donors (Lipinski definition) is 1. The topological polar surface area (TPSA) is 67.6 Å². The second-order valence-electron chi connectivity index (χ2n) is 6.73. The van der Waals surface area contributed by atoms with Gasteiger partial charge in [0.1, 0.15) is 11.4 Å². The lowest BCUT2D eigenvalue weighted by molar-refractivity contribution is 0.0933. The summed E-state index contributed by atoms with van der Waals surface area (Å²) >= 11 is 1.40. The number of nitrogens with one attached hydrogen (secondary N) is 1. The van der Waals surface area contributed by atoms with Crippen LogP contribution in [-0.4, -0.2) is 42.5 Å². The number of thiazole rings is 1. The maximum atomic E-state index is 12.7. The third kappa shape index (κ3) is 3.95. The van der Waals surface area contributed by atoms with Crippen LogP contribution in [0.4, 0.5) is 0 Å². The van der Waals surface area contributed by atoms with Gasteiger partial charge in [-0.1, -0.05) is 18.2 Å². The molecule has 1 N–H and O–H groups in total. The van der Waals surface area contributed by atoms with Crippen molar-refractivity contribution in [3.8, 4) is 16.5 Å². The Morgan fingerprint density at radius 1 is 1.29 bits per heavy atom. The molecule has 0 spiro atoms. The molecule has 1 aliphatic rings. The quantitative estimate of drug-likeness (QED) is 0.653. The minimum Gasteiger partial charge on any atom is -0.496 e. The zero-order chi connectivity index (χ0) is 19.3. The van der Waals surface area contributed by atoms with Crippen LogP contribution in [-0.2, 0) is 0 Å². The number of furan rings is 1. The van der Waals surface area contributed by atoms with Gasteiger partial charge in [0.2, 0.25) is 0 Å². The molecule has 0 saturated carbocycles. The monoisotopic (exact) mass is 397 g/mol. The number of methoxy groups -OCH3 is 1. The van der Waals surface area contributed by atoms with Gasteiger partial charge in [-0.2, -0.15) is 0 Å². The van der Waals surface area contributed by atoms with E-state index in [1.54, 1.807) is 18.8 Å². The first kappa shape index (κ1) is 18.7. The van der Waals surface area contributed by atoms with Crippen molar-refractivity contribution in [2.45, 2.75) is 18.9 Å². The van der Waals surface area contributed by atoms with Gasteiger partial charge in [0.15, 0.2) is 10.8 Å². The van der Waals surface area contributed by atoms with Crippen LogP contribution in [0.5, 0.6) is 5.75 Å². The third-order valence-electron chi connectivity index (χ3n) is 5.00. The number of carbonyl (C=O) groups is 1. The fourth-order valence-corrected chi connectivity index (χ4v) is 4.37. The molecule has 1 aliphatic heterocycles. The summed E-state index contributed by atoms with van der Waals surface area (Å²) in [6.07, 6.45) is 3.96. The van der Waals surface area contributed by atoms with Gasteiger partial charge >= 0.3 is 0 Å². The largest absolute Gasteiger partial charge is 0.496 e. The Labute approximate surface area is 168 Å². The molecule has 0 aliphatic carbocycles. The molecule has 1 fully saturated rings. The summed E-state index contributed by atoms with van der Waals surface area (Å²) in [7, 11) is 1.68. The van der Waals surface area contributed by atoms with Crippen LogP contribution in [0.3, 0.4) is 0 Å². The number of hydrogen-bond acceptors (Lipinski definition) is 6. The second-order valence-corrected chi connectivity index (χ2v) is 7.58. The number of ether oxygens (including phenoxy) is 1. The van der Waals surface area contributed by atoms with E-state index in [0.29, 0.717) is 23.0 Å². The second kappa shape index (κ2) is 8.58. The first-order chi connectivity index (χ1) is 13.8. The molecule has 6 nitrogen and oxygen atoms in total. The van der Waals surface area contributed by atoms with E-state index >= 15 is 0 Å². The molecule has 0 radical (unpaired) electrons. The normalized spacial score (nSPS) is 15.5. The van der Waals surface area contributed by atoms with Crippen LogP contribution < -0.4 is 10.1 Å². The van der Waals surface area contributed by atoms with Gasteiger partial charge in [0.25, 0.3) is 5.91 Å². The molecule has 1 atom stereocenters. The van der Waals surface area contributed by atoms with Crippen molar-refractivity contribution < 1.29 is 13.9 Å². The van der Waals surface area contributed by atoms with Gasteiger partial charge in [-0.25, -0.2) is 4.98 Å². The molecule has 7 heteroatoms. The standard InChI is InChI=1S/C21H23N3O3S/c1-26-18-8-3-2-7-15(18)17(24-10-4-5-11-24)13-22-20(25)16-14-28-21(23-16)19-9-6-12-27-19/h2-3,6-9,12,14,17H,4-5,10-11,13H2,1H3,(H,22,25). The lowest BCUT2D eigenvalue weighted by Crippen LogP contribution is -2.37. The molecule has 28 heavy (non-hydrogen) atoms. The Morgan fingerprint density at radius 2 is 2.11 bits per heavy atom. The zero-order valence-corrected chi connectivity index (χ0v) is 16.6. The van der Waals surface area contributed by atoms with Crippen LogP contribution in [0.2, 0.25) is 0 Å². The van der Waals surface area contributed by atoms with Crippen LogP contribution in [0.25, 0.3) is 10.8 Å². The van der Waals surface area contributed by atoms with E-state index in [4.69, 9.17) is 9.15 Å². The summed E-state index contributed by atoms with van der Waals surface area (Å²) in [5.41, 5.74) is 1.51. The molecule has 1 aromatic carbocycles. The third-order valence-corrected chi connectivity index (χ3v) is 5.86. The van der Waals surface area contributed by atoms with Crippen molar-refractivity contribution >= 4 is 17.2 Å². The molecule has 1 saturated heterocycles. The predicted octanol–water partition coefficient (Wildman–Crippen LogP) is 3.98.